The summed E-state index contributed by atoms with van der Waals surface area (Å²) in [6, 6.07) is 0. The number of carbonyl (C=O) groups is 3. The minimum absolute atomic E-state index is 0.0134. The van der Waals surface area contributed by atoms with Gasteiger partial charge in [0, 0.05) is 13.0 Å². The summed E-state index contributed by atoms with van der Waals surface area (Å²) in [5.41, 5.74) is -0.0267. The van der Waals surface area contributed by atoms with Crippen LogP contribution in [-0.2, 0) is 9.53 Å². The maximum Gasteiger partial charge on any atom is 0.305 e. The van der Waals surface area contributed by atoms with E-state index in [-0.39, 0.29) is 43.7 Å². The number of carbonyl (C=O) groups excluding carboxylic acids is 3. The lowest BCUT2D eigenvalue weighted by Crippen LogP contribution is -2.30. The number of imide groups is 1. The van der Waals surface area contributed by atoms with Crippen LogP contribution < -0.4 is 0 Å². The molecule has 2 amide bonds. The standard InChI is InChI=1S/C18H19Cl4NO4/c1-2-3-9-27-10(24)7-5-4-6-8-23-17(25)11-12(18(23)26)14(20)16(22)15(21)13(11)19/h2-9H2,1H3. The van der Waals surface area contributed by atoms with Gasteiger partial charge in [-0.05, 0) is 19.3 Å². The second kappa shape index (κ2) is 9.97. The first kappa shape index (κ1) is 22.3. The molecule has 0 fully saturated rings. The largest absolute Gasteiger partial charge is 0.466 e. The lowest BCUT2D eigenvalue weighted by atomic mass is 10.1. The van der Waals surface area contributed by atoms with Crippen molar-refractivity contribution >= 4 is 64.2 Å². The van der Waals surface area contributed by atoms with Crippen LogP contribution in [0.15, 0.2) is 0 Å². The molecule has 1 aliphatic rings. The van der Waals surface area contributed by atoms with Crippen molar-refractivity contribution in [1.29, 1.82) is 0 Å². The van der Waals surface area contributed by atoms with Gasteiger partial charge in [-0.2, -0.15) is 0 Å². The normalized spacial score (nSPS) is 13.3. The van der Waals surface area contributed by atoms with Crippen molar-refractivity contribution in [2.45, 2.75) is 45.4 Å². The van der Waals surface area contributed by atoms with Crippen LogP contribution in [0.3, 0.4) is 0 Å². The van der Waals surface area contributed by atoms with E-state index >= 15 is 0 Å². The Kier molecular flexibility index (Phi) is 8.22. The van der Waals surface area contributed by atoms with Crippen molar-refractivity contribution in [3.8, 4) is 0 Å². The van der Waals surface area contributed by atoms with Gasteiger partial charge in [0.25, 0.3) is 11.8 Å². The maximum absolute atomic E-state index is 12.5. The van der Waals surface area contributed by atoms with E-state index in [4.69, 9.17) is 51.1 Å². The topological polar surface area (TPSA) is 63.7 Å². The number of amides is 2. The van der Waals surface area contributed by atoms with Crippen LogP contribution >= 0.6 is 46.4 Å². The lowest BCUT2D eigenvalue weighted by Gasteiger charge is -2.13. The van der Waals surface area contributed by atoms with Gasteiger partial charge in [0.05, 0.1) is 37.8 Å². The number of benzene rings is 1. The third-order valence-electron chi connectivity index (χ3n) is 4.21. The molecule has 5 nitrogen and oxygen atoms in total. The Morgan fingerprint density at radius 3 is 1.93 bits per heavy atom. The molecule has 0 unspecified atom stereocenters. The summed E-state index contributed by atoms with van der Waals surface area (Å²) in [6.45, 7) is 2.66. The van der Waals surface area contributed by atoms with Crippen LogP contribution in [0.25, 0.3) is 0 Å². The summed E-state index contributed by atoms with van der Waals surface area (Å²) in [5.74, 6) is -1.31. The van der Waals surface area contributed by atoms with Gasteiger partial charge >= 0.3 is 5.97 Å². The fourth-order valence-corrected chi connectivity index (χ4v) is 3.73. The number of halogens is 4. The van der Waals surface area contributed by atoms with Crippen LogP contribution in [0.4, 0.5) is 0 Å². The van der Waals surface area contributed by atoms with E-state index < -0.39 is 11.8 Å². The Morgan fingerprint density at radius 1 is 0.852 bits per heavy atom. The summed E-state index contributed by atoms with van der Waals surface area (Å²) in [6.07, 6.45) is 3.97. The van der Waals surface area contributed by atoms with Gasteiger partial charge in [0.15, 0.2) is 0 Å². The number of fused-ring (bicyclic) bond motifs is 1. The number of unbranched alkanes of at least 4 members (excludes halogenated alkanes) is 3. The number of hydrogen-bond acceptors (Lipinski definition) is 4. The van der Waals surface area contributed by atoms with Crippen molar-refractivity contribution in [3.63, 3.8) is 0 Å². The molecule has 0 bridgehead atoms. The second-order valence-corrected chi connectivity index (χ2v) is 7.66. The fourth-order valence-electron chi connectivity index (χ4n) is 2.72. The molecule has 27 heavy (non-hydrogen) atoms. The van der Waals surface area contributed by atoms with Crippen molar-refractivity contribution in [2.75, 3.05) is 13.2 Å². The van der Waals surface area contributed by atoms with Gasteiger partial charge in [-0.1, -0.05) is 66.2 Å². The minimum Gasteiger partial charge on any atom is -0.466 e. The van der Waals surface area contributed by atoms with Gasteiger partial charge in [0.2, 0.25) is 0 Å². The molecular formula is C18H19Cl4NO4. The van der Waals surface area contributed by atoms with E-state index in [0.717, 1.165) is 17.7 Å². The monoisotopic (exact) mass is 453 g/mol. The highest BCUT2D eigenvalue weighted by Crippen LogP contribution is 2.44. The van der Waals surface area contributed by atoms with Gasteiger partial charge < -0.3 is 4.74 Å². The number of nitrogens with zero attached hydrogens (tertiary/aromatic N) is 1. The Balaban J connectivity index is 1.90. The molecule has 2 rings (SSSR count). The van der Waals surface area contributed by atoms with E-state index in [1.165, 1.54) is 0 Å². The second-order valence-electron chi connectivity index (χ2n) is 6.15. The molecule has 0 saturated carbocycles. The number of rotatable bonds is 9. The summed E-state index contributed by atoms with van der Waals surface area (Å²) in [7, 11) is 0. The fraction of sp³-hybridized carbons (Fsp3) is 0.500. The summed E-state index contributed by atoms with van der Waals surface area (Å²) >= 11 is 24.1. The van der Waals surface area contributed by atoms with Gasteiger partial charge in [-0.25, -0.2) is 0 Å². The Labute approximate surface area is 177 Å². The van der Waals surface area contributed by atoms with E-state index in [1.807, 2.05) is 6.92 Å². The van der Waals surface area contributed by atoms with Crippen molar-refractivity contribution in [1.82, 2.24) is 4.90 Å². The highest BCUT2D eigenvalue weighted by Gasteiger charge is 2.41. The molecule has 0 aromatic heterocycles. The molecule has 0 saturated heterocycles. The molecule has 0 spiro atoms. The first-order chi connectivity index (χ1) is 12.8. The van der Waals surface area contributed by atoms with E-state index in [9.17, 15) is 14.4 Å². The first-order valence-corrected chi connectivity index (χ1v) is 10.2. The SMILES string of the molecule is CCCCOC(=O)CCCCCN1C(=O)c2c(Cl)c(Cl)c(Cl)c(Cl)c2C1=O. The van der Waals surface area contributed by atoms with Crippen LogP contribution in [0, 0.1) is 0 Å². The van der Waals surface area contributed by atoms with Gasteiger partial charge in [0.1, 0.15) is 0 Å². The molecule has 0 aliphatic carbocycles. The highest BCUT2D eigenvalue weighted by molar-refractivity contribution is 6.55. The van der Waals surface area contributed by atoms with E-state index in [0.29, 0.717) is 32.3 Å². The number of ether oxygens (including phenoxy) is 1. The summed E-state index contributed by atoms with van der Waals surface area (Å²) in [5, 5.41) is -0.244. The molecule has 1 aliphatic heterocycles. The Bertz CT molecular complexity index is 719. The van der Waals surface area contributed by atoms with Crippen molar-refractivity contribution in [2.24, 2.45) is 0 Å². The third-order valence-corrected chi connectivity index (χ3v) is 6.01. The third kappa shape index (κ3) is 4.89. The lowest BCUT2D eigenvalue weighted by molar-refractivity contribution is -0.143. The average molecular weight is 455 g/mol. The molecule has 9 heteroatoms. The zero-order chi connectivity index (χ0) is 20.1. The predicted molar refractivity (Wildman–Crippen MR) is 106 cm³/mol. The number of esters is 1. The molecular weight excluding hydrogens is 436 g/mol. The molecule has 0 N–H and O–H groups in total. The van der Waals surface area contributed by atoms with Crippen molar-refractivity contribution < 1.29 is 19.1 Å². The Morgan fingerprint density at radius 2 is 1.41 bits per heavy atom. The number of hydrogen-bond donors (Lipinski definition) is 0. The van der Waals surface area contributed by atoms with Crippen LogP contribution in [0.5, 0.6) is 0 Å². The Hall–Kier alpha value is -1.01. The molecule has 1 heterocycles. The quantitative estimate of drug-likeness (QED) is 0.155. The highest BCUT2D eigenvalue weighted by atomic mass is 35.5. The van der Waals surface area contributed by atoms with Crippen LogP contribution in [-0.4, -0.2) is 35.8 Å². The average Bonchev–Trinajstić information content (AvgIpc) is 2.89. The van der Waals surface area contributed by atoms with Crippen LogP contribution in [0.1, 0.15) is 66.2 Å². The molecule has 148 valence electrons. The van der Waals surface area contributed by atoms with Gasteiger partial charge in [-0.3, -0.25) is 19.3 Å². The van der Waals surface area contributed by atoms with Crippen molar-refractivity contribution in [3.05, 3.63) is 31.2 Å². The van der Waals surface area contributed by atoms with E-state index in [2.05, 4.69) is 0 Å². The predicted octanol–water partition coefficient (Wildman–Crippen LogP) is 5.80. The molecule has 1 aromatic carbocycles. The zero-order valence-corrected chi connectivity index (χ0v) is 17.8. The zero-order valence-electron chi connectivity index (χ0n) is 14.7. The van der Waals surface area contributed by atoms with Gasteiger partial charge in [-0.15, -0.1) is 0 Å². The molecule has 1 aromatic rings. The smallest absolute Gasteiger partial charge is 0.305 e. The van der Waals surface area contributed by atoms with Crippen LogP contribution in [0.2, 0.25) is 20.1 Å². The first-order valence-electron chi connectivity index (χ1n) is 8.69. The maximum atomic E-state index is 12.5. The van der Waals surface area contributed by atoms with E-state index in [1.54, 1.807) is 0 Å². The molecule has 0 atom stereocenters. The minimum atomic E-state index is -0.542. The summed E-state index contributed by atoms with van der Waals surface area (Å²) < 4.78 is 5.08. The summed E-state index contributed by atoms with van der Waals surface area (Å²) in [4.78, 5) is 37.7. The molecule has 0 radical (unpaired) electrons.